The van der Waals surface area contributed by atoms with E-state index in [-0.39, 0.29) is 25.9 Å². The molecule has 1 unspecified atom stereocenters. The topological polar surface area (TPSA) is 55.4 Å². The van der Waals surface area contributed by atoms with Crippen molar-refractivity contribution in [3.8, 4) is 0 Å². The van der Waals surface area contributed by atoms with E-state index in [9.17, 15) is 0 Å². The van der Waals surface area contributed by atoms with Crippen molar-refractivity contribution in [2.24, 2.45) is 0 Å². The van der Waals surface area contributed by atoms with Crippen LogP contribution < -0.4 is 5.30 Å². The van der Waals surface area contributed by atoms with Gasteiger partial charge in [0.2, 0.25) is 0 Å². The molecule has 6 nitrogen and oxygen atoms in total. The number of fused-ring (bicyclic) bond motifs is 1. The van der Waals surface area contributed by atoms with Gasteiger partial charge in [0.1, 0.15) is 25.1 Å². The van der Waals surface area contributed by atoms with Crippen LogP contribution in [0.2, 0.25) is 0 Å². The maximum atomic E-state index is 6.83. The second-order valence-electron chi connectivity index (χ2n) is 8.27. The summed E-state index contributed by atoms with van der Waals surface area (Å²) in [5.41, 5.74) is 2.21. The van der Waals surface area contributed by atoms with Crippen LogP contribution in [0.25, 0.3) is 0 Å². The Morgan fingerprint density at radius 2 is 1.34 bits per heavy atom. The molecule has 0 aromatic heterocycles. The molecule has 0 aliphatic carbocycles. The molecule has 184 valence electrons. The third-order valence-corrected chi connectivity index (χ3v) is 7.49. The molecule has 2 saturated heterocycles. The van der Waals surface area contributed by atoms with Gasteiger partial charge in [0.05, 0.1) is 19.8 Å². The number of rotatable bonds is 9. The molecule has 0 spiro atoms. The second-order valence-corrected chi connectivity index (χ2v) is 9.73. The highest BCUT2D eigenvalue weighted by Gasteiger charge is 2.60. The van der Waals surface area contributed by atoms with Crippen LogP contribution in [0.1, 0.15) is 11.1 Å². The van der Waals surface area contributed by atoms with Gasteiger partial charge in [0.15, 0.2) is 26.1 Å². The van der Waals surface area contributed by atoms with Gasteiger partial charge < -0.3 is 18.9 Å². The van der Waals surface area contributed by atoms with Crippen LogP contribution >= 0.6 is 7.59 Å². The Hall–Kier alpha value is -2.09. The van der Waals surface area contributed by atoms with Crippen LogP contribution in [-0.4, -0.2) is 52.0 Å². The van der Waals surface area contributed by atoms with E-state index in [2.05, 4.69) is 36.4 Å². The Morgan fingerprint density at radius 3 is 1.97 bits per heavy atom. The molecule has 0 bridgehead atoms. The molecule has 0 saturated carbocycles. The zero-order valence-electron chi connectivity index (χ0n) is 19.1. The lowest BCUT2D eigenvalue weighted by Gasteiger charge is -2.39. The lowest BCUT2D eigenvalue weighted by molar-refractivity contribution is -0.288. The van der Waals surface area contributed by atoms with Crippen molar-refractivity contribution in [1.82, 2.24) is 0 Å². The molecule has 2 heterocycles. The fourth-order valence-electron chi connectivity index (χ4n) is 4.18. The van der Waals surface area contributed by atoms with E-state index >= 15 is 0 Å². The zero-order chi connectivity index (χ0) is 24.1. The molecular formula is C27H32BO6P. The molecule has 0 N–H and O–H groups in total. The van der Waals surface area contributed by atoms with Crippen molar-refractivity contribution >= 4 is 20.5 Å². The number of ether oxygens (including phenoxy) is 4. The highest BCUT2D eigenvalue weighted by atomic mass is 31.2. The van der Waals surface area contributed by atoms with Crippen molar-refractivity contribution in [2.75, 3.05) is 13.7 Å². The van der Waals surface area contributed by atoms with E-state index in [4.69, 9.17) is 28.0 Å². The maximum absolute atomic E-state index is 6.83. The van der Waals surface area contributed by atoms with Crippen LogP contribution in [0.15, 0.2) is 91.0 Å². The molecule has 5 rings (SSSR count). The first kappa shape index (κ1) is 24.6. The second kappa shape index (κ2) is 11.3. The third kappa shape index (κ3) is 5.68. The average molecular weight is 494 g/mol. The van der Waals surface area contributed by atoms with Gasteiger partial charge in [-0.2, -0.15) is 0 Å². The molecule has 3 aromatic rings. The highest BCUT2D eigenvalue weighted by Crippen LogP contribution is 2.64. The number of hydrogen-bond acceptors (Lipinski definition) is 6. The van der Waals surface area contributed by atoms with Gasteiger partial charge in [-0.1, -0.05) is 78.9 Å². The summed E-state index contributed by atoms with van der Waals surface area (Å²) < 4.78 is 38.2. The summed E-state index contributed by atoms with van der Waals surface area (Å²) >= 11 is 0. The molecule has 8 heteroatoms. The Bertz CT molecular complexity index is 1060. The molecule has 2 aliphatic heterocycles. The van der Waals surface area contributed by atoms with E-state index in [1.807, 2.05) is 54.6 Å². The summed E-state index contributed by atoms with van der Waals surface area (Å²) in [4.78, 5) is 0. The first-order valence-corrected chi connectivity index (χ1v) is 12.6. The van der Waals surface area contributed by atoms with E-state index in [1.54, 1.807) is 7.11 Å². The largest absolute Gasteiger partial charge is 0.374 e. The van der Waals surface area contributed by atoms with Gasteiger partial charge in [-0.05, 0) is 23.3 Å². The van der Waals surface area contributed by atoms with E-state index < -0.39 is 20.0 Å². The van der Waals surface area contributed by atoms with Crippen molar-refractivity contribution in [1.29, 1.82) is 0 Å². The summed E-state index contributed by atoms with van der Waals surface area (Å²) in [5, 5.41) is 1.16. The fraction of sp³-hybridized carbons (Fsp3) is 0.333. The first-order valence-electron chi connectivity index (χ1n) is 11.5. The number of hydrogen-bond donors (Lipinski definition) is 0. The Morgan fingerprint density at radius 1 is 0.771 bits per heavy atom. The lowest BCUT2D eigenvalue weighted by Crippen LogP contribution is -2.58. The van der Waals surface area contributed by atoms with Crippen LogP contribution in [-0.2, 0) is 41.2 Å². The van der Waals surface area contributed by atoms with E-state index in [0.717, 1.165) is 16.4 Å². The molecule has 3 aromatic carbocycles. The van der Waals surface area contributed by atoms with Crippen molar-refractivity contribution in [2.45, 2.75) is 43.9 Å². The Balaban J connectivity index is 1.35. The Kier molecular flexibility index (Phi) is 7.96. The van der Waals surface area contributed by atoms with Crippen LogP contribution in [0.4, 0.5) is 0 Å². The monoisotopic (exact) mass is 494 g/mol. The quantitative estimate of drug-likeness (QED) is 0.336. The predicted octanol–water partition coefficient (Wildman–Crippen LogP) is 3.40. The van der Waals surface area contributed by atoms with Gasteiger partial charge in [-0.25, -0.2) is 9.05 Å². The normalized spacial score (nSPS) is 30.2. The highest BCUT2D eigenvalue weighted by molar-refractivity contribution is 7.95. The molecule has 35 heavy (non-hydrogen) atoms. The number of benzene rings is 3. The molecule has 0 amide bonds. The van der Waals surface area contributed by atoms with Crippen molar-refractivity contribution < 1.29 is 28.0 Å². The van der Waals surface area contributed by atoms with Crippen LogP contribution in [0.3, 0.4) is 0 Å². The minimum Gasteiger partial charge on any atom is -0.374 e. The van der Waals surface area contributed by atoms with Crippen molar-refractivity contribution in [3.05, 3.63) is 102 Å². The summed E-state index contributed by atoms with van der Waals surface area (Å²) in [6.45, 7) is 1.35. The van der Waals surface area contributed by atoms with Gasteiger partial charge >= 0.3 is 0 Å². The zero-order valence-corrected chi connectivity index (χ0v) is 20.0. The molecule has 2 fully saturated rings. The van der Waals surface area contributed by atoms with Crippen molar-refractivity contribution in [3.63, 3.8) is 0 Å². The van der Waals surface area contributed by atoms with Gasteiger partial charge in [-0.3, -0.25) is 0 Å². The van der Waals surface area contributed by atoms with Crippen LogP contribution in [0.5, 0.6) is 0 Å². The first-order chi connectivity index (χ1) is 17.2. The van der Waals surface area contributed by atoms with Crippen LogP contribution in [0, 0.1) is 0 Å². The molecular weight excluding hydrogens is 462 g/mol. The van der Waals surface area contributed by atoms with E-state index in [1.165, 1.54) is 0 Å². The molecule has 6 atom stereocenters. The molecule has 2 aliphatic rings. The average Bonchev–Trinajstić information content (AvgIpc) is 3.28. The Labute approximate surface area is 208 Å². The summed E-state index contributed by atoms with van der Waals surface area (Å²) in [6, 6.07) is 30.6. The third-order valence-electron chi connectivity index (χ3n) is 5.90. The summed E-state index contributed by atoms with van der Waals surface area (Å²) in [5.74, 6) is 0. The predicted molar refractivity (Wildman–Crippen MR) is 139 cm³/mol. The lowest BCUT2D eigenvalue weighted by atomic mass is 9.99. The summed E-state index contributed by atoms with van der Waals surface area (Å²) in [6.07, 6.45) is -1.85. The summed E-state index contributed by atoms with van der Waals surface area (Å²) in [7, 11) is -0.744. The fourth-order valence-corrected chi connectivity index (χ4v) is 5.82. The van der Waals surface area contributed by atoms with Gasteiger partial charge in [0.25, 0.3) is 0 Å². The SMILES string of the molecule is [BH3-][P+]1(c2ccccc2)O[C@H]2[C@@H](O1)[C@@H](COCc1ccccc1)O[C@@H](OC)[C@@H]2OCc1ccccc1. The molecule has 0 radical (unpaired) electrons. The smallest absolute Gasteiger partial charge is 0.198 e. The standard InChI is InChI=1S/C27H32BO6P/c1-29-27-26(31-18-21-13-7-3-8-14-21)25-24(33-35(28,34-25)22-15-9-4-10-16-22)23(32-27)19-30-17-20-11-5-2-6-12-20/h2-16,23-27H,17-19H2,1,28H3/t23-,24+,25+,26-,27-,35?/m1/s1. The van der Waals surface area contributed by atoms with Gasteiger partial charge in [0, 0.05) is 7.11 Å². The van der Waals surface area contributed by atoms with Gasteiger partial charge in [-0.15, -0.1) is 0 Å². The maximum Gasteiger partial charge on any atom is 0.198 e. The minimum absolute atomic E-state index is 0.274. The van der Waals surface area contributed by atoms with E-state index in [0.29, 0.717) is 19.8 Å². The minimum atomic E-state index is -2.10. The number of methoxy groups -OCH3 is 1.